The Morgan fingerprint density at radius 3 is 2.57 bits per heavy atom. The van der Waals surface area contributed by atoms with Gasteiger partial charge in [0.2, 0.25) is 0 Å². The monoisotopic (exact) mass is 383 g/mol. The third kappa shape index (κ3) is 4.47. The number of hydrogen-bond acceptors (Lipinski definition) is 5. The Hall–Kier alpha value is -3.81. The first kappa shape index (κ1) is 19.0. The molecule has 28 heavy (non-hydrogen) atoms. The second-order valence-electron chi connectivity index (χ2n) is 5.71. The molecule has 0 fully saturated rings. The fourth-order valence-corrected chi connectivity index (χ4v) is 2.41. The molecular weight excluding hydrogens is 368 g/mol. The number of ether oxygens (including phenoxy) is 1. The van der Waals surface area contributed by atoms with Gasteiger partial charge >= 0.3 is 5.97 Å². The summed E-state index contributed by atoms with van der Waals surface area (Å²) in [4.78, 5) is 28.1. The maximum absolute atomic E-state index is 13.8. The number of aromatic nitrogens is 1. The molecule has 0 atom stereocenters. The maximum Gasteiger partial charge on any atom is 0.337 e. The molecule has 6 nitrogen and oxygen atoms in total. The van der Waals surface area contributed by atoms with Crippen LogP contribution in [-0.4, -0.2) is 24.0 Å². The zero-order valence-corrected chi connectivity index (χ0v) is 14.7. The molecule has 8 heteroatoms. The van der Waals surface area contributed by atoms with E-state index in [1.165, 1.54) is 37.6 Å². The van der Waals surface area contributed by atoms with Gasteiger partial charge in [-0.3, -0.25) is 4.79 Å². The molecule has 0 unspecified atom stereocenters. The highest BCUT2D eigenvalue weighted by Crippen LogP contribution is 2.20. The Labute approximate surface area is 159 Å². The average Bonchev–Trinajstić information content (AvgIpc) is 2.70. The van der Waals surface area contributed by atoms with Crippen LogP contribution in [0.5, 0.6) is 0 Å². The molecule has 0 saturated heterocycles. The summed E-state index contributed by atoms with van der Waals surface area (Å²) in [6.07, 6.45) is 1.38. The van der Waals surface area contributed by atoms with Gasteiger partial charge in [0.25, 0.3) is 5.91 Å². The van der Waals surface area contributed by atoms with Crippen LogP contribution >= 0.6 is 0 Å². The van der Waals surface area contributed by atoms with Gasteiger partial charge in [-0.15, -0.1) is 0 Å². The van der Waals surface area contributed by atoms with Gasteiger partial charge in [-0.05, 0) is 42.5 Å². The molecule has 0 saturated carbocycles. The summed E-state index contributed by atoms with van der Waals surface area (Å²) >= 11 is 0. The Morgan fingerprint density at radius 1 is 1.00 bits per heavy atom. The number of anilines is 3. The number of methoxy groups -OCH3 is 1. The number of carbonyl (C=O) groups is 2. The smallest absolute Gasteiger partial charge is 0.337 e. The van der Waals surface area contributed by atoms with Gasteiger partial charge in [-0.1, -0.05) is 6.07 Å². The van der Waals surface area contributed by atoms with Gasteiger partial charge in [0.1, 0.15) is 17.5 Å². The van der Waals surface area contributed by atoms with E-state index < -0.39 is 23.5 Å². The largest absolute Gasteiger partial charge is 0.465 e. The van der Waals surface area contributed by atoms with Crippen molar-refractivity contribution in [3.63, 3.8) is 0 Å². The Kier molecular flexibility index (Phi) is 5.59. The number of benzene rings is 2. The van der Waals surface area contributed by atoms with Crippen LogP contribution in [0.4, 0.5) is 26.0 Å². The van der Waals surface area contributed by atoms with Crippen LogP contribution in [0, 0.1) is 11.6 Å². The summed E-state index contributed by atoms with van der Waals surface area (Å²) in [5.74, 6) is -2.24. The van der Waals surface area contributed by atoms with Crippen molar-refractivity contribution in [2.24, 2.45) is 0 Å². The first-order valence-corrected chi connectivity index (χ1v) is 8.14. The highest BCUT2D eigenvalue weighted by atomic mass is 19.1. The number of nitrogens with one attached hydrogen (secondary N) is 2. The average molecular weight is 383 g/mol. The molecule has 142 valence electrons. The van der Waals surface area contributed by atoms with Crippen molar-refractivity contribution in [1.82, 2.24) is 4.98 Å². The van der Waals surface area contributed by atoms with Gasteiger partial charge in [-0.25, -0.2) is 18.6 Å². The Morgan fingerprint density at radius 2 is 1.82 bits per heavy atom. The number of hydrogen-bond donors (Lipinski definition) is 2. The van der Waals surface area contributed by atoms with Gasteiger partial charge in [0.15, 0.2) is 0 Å². The van der Waals surface area contributed by atoms with Crippen LogP contribution in [0.25, 0.3) is 0 Å². The molecule has 1 aromatic heterocycles. The van der Waals surface area contributed by atoms with E-state index in [1.807, 2.05) is 0 Å². The van der Waals surface area contributed by atoms with E-state index in [0.717, 1.165) is 12.1 Å². The number of esters is 1. The summed E-state index contributed by atoms with van der Waals surface area (Å²) in [6, 6.07) is 12.3. The minimum absolute atomic E-state index is 0.0252. The molecule has 0 bridgehead atoms. The summed E-state index contributed by atoms with van der Waals surface area (Å²) in [6.45, 7) is 0. The lowest BCUT2D eigenvalue weighted by Crippen LogP contribution is -2.13. The van der Waals surface area contributed by atoms with Crippen molar-refractivity contribution in [3.05, 3.63) is 83.6 Å². The molecule has 2 N–H and O–H groups in total. The first-order chi connectivity index (χ1) is 13.5. The summed E-state index contributed by atoms with van der Waals surface area (Å²) < 4.78 is 31.4. The molecule has 3 aromatic rings. The van der Waals surface area contributed by atoms with Gasteiger partial charge in [0.05, 0.1) is 18.4 Å². The van der Waals surface area contributed by atoms with Crippen molar-refractivity contribution in [3.8, 4) is 0 Å². The van der Waals surface area contributed by atoms with E-state index in [2.05, 4.69) is 20.4 Å². The highest BCUT2D eigenvalue weighted by molar-refractivity contribution is 6.05. The van der Waals surface area contributed by atoms with E-state index in [1.54, 1.807) is 18.2 Å². The Bertz CT molecular complexity index is 1040. The topological polar surface area (TPSA) is 80.3 Å². The van der Waals surface area contributed by atoms with Crippen LogP contribution in [0.15, 0.2) is 60.8 Å². The Balaban J connectivity index is 1.76. The molecule has 3 rings (SSSR count). The molecule has 2 aromatic carbocycles. The van der Waals surface area contributed by atoms with Crippen LogP contribution in [0.3, 0.4) is 0 Å². The molecule has 0 aliphatic rings. The van der Waals surface area contributed by atoms with Crippen LogP contribution in [0.1, 0.15) is 20.7 Å². The molecule has 1 heterocycles. The fourth-order valence-electron chi connectivity index (χ4n) is 2.41. The van der Waals surface area contributed by atoms with Crippen molar-refractivity contribution in [2.75, 3.05) is 17.7 Å². The van der Waals surface area contributed by atoms with E-state index in [4.69, 9.17) is 0 Å². The van der Waals surface area contributed by atoms with Gasteiger partial charge in [-0.2, -0.15) is 0 Å². The summed E-state index contributed by atoms with van der Waals surface area (Å²) in [5, 5.41) is 5.36. The standard InChI is InChI=1S/C20H15F2N3O3/c1-28-20(27)13-3-2-4-15(9-13)24-19(26)12-7-8-23-18(10-12)25-17-6-5-14(21)11-16(17)22/h2-11H,1H3,(H,23,25)(H,24,26). The van der Waals surface area contributed by atoms with Crippen molar-refractivity contribution >= 4 is 29.1 Å². The summed E-state index contributed by atoms with van der Waals surface area (Å²) in [7, 11) is 1.27. The number of rotatable bonds is 5. The molecule has 0 spiro atoms. The number of amides is 1. The number of pyridine rings is 1. The minimum Gasteiger partial charge on any atom is -0.465 e. The fraction of sp³-hybridized carbons (Fsp3) is 0.0500. The quantitative estimate of drug-likeness (QED) is 0.647. The predicted octanol–water partition coefficient (Wildman–Crippen LogP) is 4.14. The number of carbonyl (C=O) groups excluding carboxylic acids is 2. The number of halogens is 2. The molecule has 0 aliphatic carbocycles. The minimum atomic E-state index is -0.781. The first-order valence-electron chi connectivity index (χ1n) is 8.14. The molecular formula is C20H15F2N3O3. The van der Waals surface area contributed by atoms with E-state index in [-0.39, 0.29) is 17.1 Å². The lowest BCUT2D eigenvalue weighted by Gasteiger charge is -2.10. The zero-order chi connectivity index (χ0) is 20.1. The van der Waals surface area contributed by atoms with Crippen LogP contribution < -0.4 is 10.6 Å². The SMILES string of the molecule is COC(=O)c1cccc(NC(=O)c2ccnc(Nc3ccc(F)cc3F)c2)c1. The van der Waals surface area contributed by atoms with Crippen LogP contribution in [-0.2, 0) is 4.74 Å². The lowest BCUT2D eigenvalue weighted by atomic mass is 10.2. The van der Waals surface area contributed by atoms with E-state index >= 15 is 0 Å². The second kappa shape index (κ2) is 8.26. The molecule has 0 aliphatic heterocycles. The normalized spacial score (nSPS) is 10.2. The molecule has 0 radical (unpaired) electrons. The maximum atomic E-state index is 13.8. The van der Waals surface area contributed by atoms with Crippen molar-refractivity contribution in [2.45, 2.75) is 0 Å². The number of nitrogens with zero attached hydrogens (tertiary/aromatic N) is 1. The van der Waals surface area contributed by atoms with Crippen molar-refractivity contribution < 1.29 is 23.1 Å². The van der Waals surface area contributed by atoms with Gasteiger partial charge < -0.3 is 15.4 Å². The highest BCUT2D eigenvalue weighted by Gasteiger charge is 2.11. The lowest BCUT2D eigenvalue weighted by molar-refractivity contribution is 0.0600. The van der Waals surface area contributed by atoms with E-state index in [0.29, 0.717) is 11.3 Å². The third-order valence-electron chi connectivity index (χ3n) is 3.76. The molecule has 1 amide bonds. The zero-order valence-electron chi connectivity index (χ0n) is 14.7. The third-order valence-corrected chi connectivity index (χ3v) is 3.76. The summed E-state index contributed by atoms with van der Waals surface area (Å²) in [5.41, 5.74) is 0.980. The van der Waals surface area contributed by atoms with Gasteiger partial charge in [0, 0.05) is 23.5 Å². The van der Waals surface area contributed by atoms with Crippen LogP contribution in [0.2, 0.25) is 0 Å². The van der Waals surface area contributed by atoms with Crippen molar-refractivity contribution in [1.29, 1.82) is 0 Å². The predicted molar refractivity (Wildman–Crippen MR) is 99.6 cm³/mol. The second-order valence-corrected chi connectivity index (χ2v) is 5.71. The van der Waals surface area contributed by atoms with E-state index in [9.17, 15) is 18.4 Å².